The van der Waals surface area contributed by atoms with Crippen LogP contribution in [0.5, 0.6) is 0 Å². The summed E-state index contributed by atoms with van der Waals surface area (Å²) in [6.07, 6.45) is 3.61. The van der Waals surface area contributed by atoms with E-state index in [4.69, 9.17) is 4.42 Å². The lowest BCUT2D eigenvalue weighted by atomic mass is 10.2. The minimum Gasteiger partial charge on any atom is -0.417 e. The molecular formula is C18H16N4O3. The summed E-state index contributed by atoms with van der Waals surface area (Å²) in [6.45, 7) is 0. The Labute approximate surface area is 144 Å². The zero-order chi connectivity index (χ0) is 17.8. The molecule has 0 bridgehead atoms. The predicted octanol–water partition coefficient (Wildman–Crippen LogP) is 3.88. The Morgan fingerprint density at radius 2 is 1.68 bits per heavy atom. The highest BCUT2D eigenvalue weighted by Crippen LogP contribution is 2.22. The van der Waals surface area contributed by atoms with E-state index in [0.29, 0.717) is 17.3 Å². The number of rotatable bonds is 5. The molecule has 0 aliphatic rings. The van der Waals surface area contributed by atoms with Crippen LogP contribution in [0.1, 0.15) is 11.5 Å². The van der Waals surface area contributed by atoms with Crippen LogP contribution in [0.4, 0.5) is 11.4 Å². The second kappa shape index (κ2) is 6.96. The van der Waals surface area contributed by atoms with E-state index >= 15 is 0 Å². The van der Waals surface area contributed by atoms with Gasteiger partial charge in [-0.1, -0.05) is 12.1 Å². The van der Waals surface area contributed by atoms with Crippen molar-refractivity contribution in [2.24, 2.45) is 0 Å². The fourth-order valence-electron chi connectivity index (χ4n) is 2.20. The Kier molecular flexibility index (Phi) is 4.56. The van der Waals surface area contributed by atoms with Crippen LogP contribution in [0, 0.1) is 10.1 Å². The maximum atomic E-state index is 10.7. The average molecular weight is 336 g/mol. The van der Waals surface area contributed by atoms with Crippen LogP contribution in [-0.2, 0) is 0 Å². The third kappa shape index (κ3) is 3.89. The normalized spacial score (nSPS) is 11.0. The molecule has 7 nitrogen and oxygen atoms in total. The van der Waals surface area contributed by atoms with Crippen molar-refractivity contribution in [1.82, 2.24) is 10.2 Å². The molecule has 0 atom stereocenters. The Morgan fingerprint density at radius 1 is 1.00 bits per heavy atom. The number of nitro groups is 1. The number of non-ortho nitro benzene ring substituents is 1. The van der Waals surface area contributed by atoms with Gasteiger partial charge in [-0.15, -0.1) is 10.2 Å². The van der Waals surface area contributed by atoms with Crippen LogP contribution in [0.25, 0.3) is 23.6 Å². The highest BCUT2D eigenvalue weighted by atomic mass is 16.6. The first kappa shape index (κ1) is 16.4. The van der Waals surface area contributed by atoms with E-state index in [1.54, 1.807) is 18.2 Å². The molecule has 3 rings (SSSR count). The van der Waals surface area contributed by atoms with Crippen LogP contribution in [-0.4, -0.2) is 29.2 Å². The number of nitrogens with zero attached hydrogens (tertiary/aromatic N) is 4. The van der Waals surface area contributed by atoms with Gasteiger partial charge < -0.3 is 9.32 Å². The Bertz CT molecular complexity index is 897. The van der Waals surface area contributed by atoms with E-state index in [1.807, 2.05) is 49.3 Å². The standard InChI is InChI=1S/C18H16N4O3/c1-21(2)15-8-3-13(4-9-15)5-12-17-19-20-18(25-17)14-6-10-16(11-7-14)22(23)24/h3-12H,1-2H3/b12-5+. The van der Waals surface area contributed by atoms with E-state index in [1.165, 1.54) is 12.1 Å². The molecule has 0 unspecified atom stereocenters. The summed E-state index contributed by atoms with van der Waals surface area (Å²) in [7, 11) is 3.98. The van der Waals surface area contributed by atoms with E-state index in [2.05, 4.69) is 10.2 Å². The molecule has 0 saturated heterocycles. The van der Waals surface area contributed by atoms with Crippen molar-refractivity contribution >= 4 is 23.5 Å². The van der Waals surface area contributed by atoms with Gasteiger partial charge in [-0.3, -0.25) is 10.1 Å². The van der Waals surface area contributed by atoms with Gasteiger partial charge in [-0.25, -0.2) is 0 Å². The third-order valence-electron chi connectivity index (χ3n) is 3.59. The van der Waals surface area contributed by atoms with Crippen LogP contribution in [0.2, 0.25) is 0 Å². The fourth-order valence-corrected chi connectivity index (χ4v) is 2.20. The Morgan fingerprint density at radius 3 is 2.28 bits per heavy atom. The van der Waals surface area contributed by atoms with Crippen molar-refractivity contribution in [3.63, 3.8) is 0 Å². The van der Waals surface area contributed by atoms with Gasteiger partial charge in [0, 0.05) is 43.6 Å². The van der Waals surface area contributed by atoms with Gasteiger partial charge in [-0.05, 0) is 35.9 Å². The molecule has 0 N–H and O–H groups in total. The number of aromatic nitrogens is 2. The van der Waals surface area contributed by atoms with Gasteiger partial charge in [0.1, 0.15) is 0 Å². The molecule has 3 aromatic rings. The monoisotopic (exact) mass is 336 g/mol. The summed E-state index contributed by atoms with van der Waals surface area (Å²) in [5.41, 5.74) is 2.79. The second-order valence-corrected chi connectivity index (χ2v) is 5.57. The SMILES string of the molecule is CN(C)c1ccc(/C=C/c2nnc(-c3ccc([N+](=O)[O-])cc3)o2)cc1. The van der Waals surface area contributed by atoms with Crippen LogP contribution in [0.3, 0.4) is 0 Å². The van der Waals surface area contributed by atoms with Crippen LogP contribution >= 0.6 is 0 Å². The highest BCUT2D eigenvalue weighted by Gasteiger charge is 2.09. The van der Waals surface area contributed by atoms with Gasteiger partial charge >= 0.3 is 0 Å². The molecule has 126 valence electrons. The molecule has 2 aromatic carbocycles. The van der Waals surface area contributed by atoms with E-state index in [9.17, 15) is 10.1 Å². The molecule has 0 radical (unpaired) electrons. The minimum absolute atomic E-state index is 0.0181. The van der Waals surface area contributed by atoms with Gasteiger partial charge in [-0.2, -0.15) is 0 Å². The predicted molar refractivity (Wildman–Crippen MR) is 96.1 cm³/mol. The molecule has 0 spiro atoms. The first-order valence-electron chi connectivity index (χ1n) is 7.57. The van der Waals surface area contributed by atoms with Crippen molar-refractivity contribution < 1.29 is 9.34 Å². The van der Waals surface area contributed by atoms with Crippen molar-refractivity contribution in [3.8, 4) is 11.5 Å². The molecule has 0 aliphatic heterocycles. The summed E-state index contributed by atoms with van der Waals surface area (Å²) in [6, 6.07) is 14.0. The zero-order valence-corrected chi connectivity index (χ0v) is 13.8. The largest absolute Gasteiger partial charge is 0.417 e. The van der Waals surface area contributed by atoms with E-state index in [-0.39, 0.29) is 5.69 Å². The zero-order valence-electron chi connectivity index (χ0n) is 13.8. The number of hydrogen-bond acceptors (Lipinski definition) is 6. The van der Waals surface area contributed by atoms with Gasteiger partial charge in [0.05, 0.1) is 4.92 Å². The average Bonchev–Trinajstić information content (AvgIpc) is 3.09. The second-order valence-electron chi connectivity index (χ2n) is 5.57. The summed E-state index contributed by atoms with van der Waals surface area (Å²) in [5, 5.41) is 18.6. The number of anilines is 1. The molecule has 1 heterocycles. The van der Waals surface area contributed by atoms with E-state index in [0.717, 1.165) is 11.3 Å². The molecule has 0 amide bonds. The molecule has 7 heteroatoms. The highest BCUT2D eigenvalue weighted by molar-refractivity contribution is 5.68. The molecule has 1 aromatic heterocycles. The number of nitro benzene ring substituents is 1. The summed E-state index contributed by atoms with van der Waals surface area (Å²) < 4.78 is 5.57. The summed E-state index contributed by atoms with van der Waals surface area (Å²) >= 11 is 0. The smallest absolute Gasteiger partial charge is 0.269 e. The topological polar surface area (TPSA) is 85.3 Å². The summed E-state index contributed by atoms with van der Waals surface area (Å²) in [5.74, 6) is 0.683. The fraction of sp³-hybridized carbons (Fsp3) is 0.111. The van der Waals surface area contributed by atoms with Crippen LogP contribution in [0.15, 0.2) is 52.9 Å². The van der Waals surface area contributed by atoms with E-state index < -0.39 is 4.92 Å². The molecule has 0 saturated carbocycles. The van der Waals surface area contributed by atoms with Crippen molar-refractivity contribution in [2.45, 2.75) is 0 Å². The maximum absolute atomic E-state index is 10.7. The van der Waals surface area contributed by atoms with Crippen molar-refractivity contribution in [3.05, 3.63) is 70.1 Å². The van der Waals surface area contributed by atoms with Crippen molar-refractivity contribution in [2.75, 3.05) is 19.0 Å². The van der Waals surface area contributed by atoms with Gasteiger partial charge in [0.2, 0.25) is 11.8 Å². The first-order chi connectivity index (χ1) is 12.0. The van der Waals surface area contributed by atoms with Gasteiger partial charge in [0.25, 0.3) is 5.69 Å². The number of hydrogen-bond donors (Lipinski definition) is 0. The van der Waals surface area contributed by atoms with Gasteiger partial charge in [0.15, 0.2) is 0 Å². The maximum Gasteiger partial charge on any atom is 0.269 e. The first-order valence-corrected chi connectivity index (χ1v) is 7.57. The Balaban J connectivity index is 1.73. The Hall–Kier alpha value is -3.48. The molecular weight excluding hydrogens is 320 g/mol. The van der Waals surface area contributed by atoms with Crippen molar-refractivity contribution in [1.29, 1.82) is 0 Å². The van der Waals surface area contributed by atoms with Crippen LogP contribution < -0.4 is 4.90 Å². The third-order valence-corrected chi connectivity index (χ3v) is 3.59. The molecule has 0 aliphatic carbocycles. The quantitative estimate of drug-likeness (QED) is 0.519. The molecule has 25 heavy (non-hydrogen) atoms. The number of benzene rings is 2. The lowest BCUT2D eigenvalue weighted by Gasteiger charge is -2.11. The lowest BCUT2D eigenvalue weighted by molar-refractivity contribution is -0.384. The minimum atomic E-state index is -0.451. The lowest BCUT2D eigenvalue weighted by Crippen LogP contribution is -2.07. The molecule has 0 fully saturated rings. The summed E-state index contributed by atoms with van der Waals surface area (Å²) in [4.78, 5) is 12.3.